The zero-order chi connectivity index (χ0) is 15.9. The van der Waals surface area contributed by atoms with Gasteiger partial charge in [-0.25, -0.2) is 4.98 Å². The molecule has 3 aromatic rings. The van der Waals surface area contributed by atoms with Crippen molar-refractivity contribution in [2.24, 2.45) is 0 Å². The van der Waals surface area contributed by atoms with Crippen molar-refractivity contribution in [3.63, 3.8) is 0 Å². The summed E-state index contributed by atoms with van der Waals surface area (Å²) in [6, 6.07) is 11.2. The number of alkyl halides is 3. The van der Waals surface area contributed by atoms with Crippen molar-refractivity contribution in [2.75, 3.05) is 14.2 Å². The number of ether oxygens (including phenoxy) is 2. The molecule has 0 N–H and O–H groups in total. The molecule has 0 atom stereocenters. The molecule has 0 aliphatic carbocycles. The first-order valence-corrected chi connectivity index (χ1v) is 7.60. The van der Waals surface area contributed by atoms with Crippen LogP contribution in [0.4, 0.5) is 0 Å². The number of hydrogen-bond donors (Lipinski definition) is 0. The molecule has 3 nitrogen and oxygen atoms in total. The van der Waals surface area contributed by atoms with E-state index in [0.717, 1.165) is 21.9 Å². The van der Waals surface area contributed by atoms with E-state index in [9.17, 15) is 0 Å². The summed E-state index contributed by atoms with van der Waals surface area (Å²) in [6.07, 6.45) is 0. The lowest BCUT2D eigenvalue weighted by molar-refractivity contribution is 0.415. The van der Waals surface area contributed by atoms with Crippen molar-refractivity contribution in [1.29, 1.82) is 0 Å². The predicted molar refractivity (Wildman–Crippen MR) is 91.6 cm³/mol. The second-order valence-corrected chi connectivity index (χ2v) is 7.03. The van der Waals surface area contributed by atoms with E-state index >= 15 is 0 Å². The zero-order valence-electron chi connectivity index (χ0n) is 11.9. The van der Waals surface area contributed by atoms with Gasteiger partial charge >= 0.3 is 0 Å². The summed E-state index contributed by atoms with van der Waals surface area (Å²) < 4.78 is 8.92. The summed E-state index contributed by atoms with van der Waals surface area (Å²) in [6.45, 7) is 0. The number of benzene rings is 2. The van der Waals surface area contributed by atoms with Crippen molar-refractivity contribution in [3.8, 4) is 11.5 Å². The van der Waals surface area contributed by atoms with Crippen molar-refractivity contribution < 1.29 is 9.47 Å². The normalized spacial score (nSPS) is 11.9. The molecule has 1 aromatic heterocycles. The van der Waals surface area contributed by atoms with Gasteiger partial charge in [0.2, 0.25) is 3.79 Å². The van der Waals surface area contributed by atoms with E-state index in [2.05, 4.69) is 4.98 Å². The number of rotatable bonds is 2. The monoisotopic (exact) mass is 355 g/mol. The van der Waals surface area contributed by atoms with Gasteiger partial charge < -0.3 is 9.47 Å². The summed E-state index contributed by atoms with van der Waals surface area (Å²) in [5, 5.41) is 2.62. The van der Waals surface area contributed by atoms with Crippen molar-refractivity contribution >= 4 is 56.5 Å². The van der Waals surface area contributed by atoms with E-state index in [0.29, 0.717) is 17.0 Å². The van der Waals surface area contributed by atoms with Crippen LogP contribution < -0.4 is 9.47 Å². The Kier molecular flexibility index (Phi) is 3.98. The van der Waals surface area contributed by atoms with Crippen molar-refractivity contribution in [1.82, 2.24) is 4.98 Å². The average molecular weight is 357 g/mol. The van der Waals surface area contributed by atoms with Crippen molar-refractivity contribution in [2.45, 2.75) is 3.79 Å². The van der Waals surface area contributed by atoms with Gasteiger partial charge in [0.15, 0.2) is 0 Å². The molecule has 0 radical (unpaired) electrons. The Morgan fingerprint density at radius 3 is 2.00 bits per heavy atom. The molecule has 0 aliphatic heterocycles. The molecule has 0 spiro atoms. The van der Waals surface area contributed by atoms with Crippen molar-refractivity contribution in [3.05, 3.63) is 42.1 Å². The Bertz CT molecular complexity index is 859. The first-order chi connectivity index (χ1) is 10.4. The van der Waals surface area contributed by atoms with Gasteiger partial charge in [-0.15, -0.1) is 0 Å². The zero-order valence-corrected chi connectivity index (χ0v) is 14.1. The maximum absolute atomic E-state index is 6.09. The Morgan fingerprint density at radius 2 is 1.41 bits per heavy atom. The van der Waals surface area contributed by atoms with E-state index in [1.165, 1.54) is 0 Å². The predicted octanol–water partition coefficient (Wildman–Crippen LogP) is 5.23. The lowest BCUT2D eigenvalue weighted by atomic mass is 10.0. The second kappa shape index (κ2) is 5.65. The van der Waals surface area contributed by atoms with Gasteiger partial charge in [-0.2, -0.15) is 0 Å². The fourth-order valence-electron chi connectivity index (χ4n) is 2.44. The maximum atomic E-state index is 6.09. The third-order valence-corrected chi connectivity index (χ3v) is 4.01. The standard InChI is InChI=1S/C16H12Cl3NO2/c1-21-9-4-6-12-13(7-9)11-5-3-10(22-2)8-14(11)20-15(12)16(17,18)19/h3-8H,1-2H3. The van der Waals surface area contributed by atoms with Gasteiger partial charge in [0, 0.05) is 16.8 Å². The molecule has 0 unspecified atom stereocenters. The minimum atomic E-state index is -1.62. The van der Waals surface area contributed by atoms with Crippen LogP contribution in [0.1, 0.15) is 5.69 Å². The fourth-order valence-corrected chi connectivity index (χ4v) is 2.87. The number of aromatic nitrogens is 1. The smallest absolute Gasteiger partial charge is 0.233 e. The second-order valence-electron chi connectivity index (χ2n) is 4.75. The van der Waals surface area contributed by atoms with Crippen LogP contribution in [0.5, 0.6) is 11.5 Å². The third-order valence-electron chi connectivity index (χ3n) is 3.48. The number of halogens is 3. The summed E-state index contributed by atoms with van der Waals surface area (Å²) in [5.41, 5.74) is 1.08. The minimum absolute atomic E-state index is 0.385. The molecular formula is C16H12Cl3NO2. The molecule has 0 saturated heterocycles. The highest BCUT2D eigenvalue weighted by molar-refractivity contribution is 6.67. The first kappa shape index (κ1) is 15.5. The molecule has 6 heteroatoms. The van der Waals surface area contributed by atoms with Gasteiger partial charge in [0.1, 0.15) is 17.2 Å². The molecular weight excluding hydrogens is 345 g/mol. The highest BCUT2D eigenvalue weighted by Crippen LogP contribution is 2.43. The van der Waals surface area contributed by atoms with Gasteiger partial charge in [-0.1, -0.05) is 34.8 Å². The summed E-state index contributed by atoms with van der Waals surface area (Å²) >= 11 is 18.3. The maximum Gasteiger partial charge on any atom is 0.233 e. The molecule has 22 heavy (non-hydrogen) atoms. The van der Waals surface area contributed by atoms with E-state index in [-0.39, 0.29) is 0 Å². The number of nitrogens with zero attached hydrogens (tertiary/aromatic N) is 1. The van der Waals surface area contributed by atoms with E-state index in [4.69, 9.17) is 44.3 Å². The van der Waals surface area contributed by atoms with Crippen LogP contribution in [0.3, 0.4) is 0 Å². The Morgan fingerprint density at radius 1 is 0.818 bits per heavy atom. The van der Waals surface area contributed by atoms with E-state index in [1.807, 2.05) is 36.4 Å². The van der Waals surface area contributed by atoms with Crippen LogP contribution in [-0.2, 0) is 3.79 Å². The molecule has 0 fully saturated rings. The molecule has 2 aromatic carbocycles. The topological polar surface area (TPSA) is 31.4 Å². The average Bonchev–Trinajstić information content (AvgIpc) is 2.51. The molecule has 0 amide bonds. The van der Waals surface area contributed by atoms with Crippen LogP contribution in [0.25, 0.3) is 21.7 Å². The SMILES string of the molecule is COc1ccc2c(c1)nc(C(Cl)(Cl)Cl)c1ccc(OC)cc12. The van der Waals surface area contributed by atoms with E-state index in [1.54, 1.807) is 14.2 Å². The van der Waals surface area contributed by atoms with E-state index < -0.39 is 3.79 Å². The van der Waals surface area contributed by atoms with Gasteiger partial charge in [-0.3, -0.25) is 0 Å². The van der Waals surface area contributed by atoms with Crippen LogP contribution in [0.15, 0.2) is 36.4 Å². The molecule has 1 heterocycles. The van der Waals surface area contributed by atoms with Gasteiger partial charge in [0.25, 0.3) is 0 Å². The minimum Gasteiger partial charge on any atom is -0.497 e. The highest BCUT2D eigenvalue weighted by Gasteiger charge is 2.28. The van der Waals surface area contributed by atoms with Crippen LogP contribution in [-0.4, -0.2) is 19.2 Å². The number of fused-ring (bicyclic) bond motifs is 3. The quantitative estimate of drug-likeness (QED) is 0.465. The molecule has 114 valence electrons. The first-order valence-electron chi connectivity index (χ1n) is 6.46. The molecule has 3 rings (SSSR count). The molecule has 0 bridgehead atoms. The molecule has 0 aliphatic rings. The third kappa shape index (κ3) is 2.65. The summed E-state index contributed by atoms with van der Waals surface area (Å²) in [4.78, 5) is 4.52. The van der Waals surface area contributed by atoms with Gasteiger partial charge in [0.05, 0.1) is 19.7 Å². The summed E-state index contributed by atoms with van der Waals surface area (Å²) in [7, 11) is 3.21. The van der Waals surface area contributed by atoms with Crippen LogP contribution >= 0.6 is 34.8 Å². The highest BCUT2D eigenvalue weighted by atomic mass is 35.6. The van der Waals surface area contributed by atoms with Crippen LogP contribution in [0.2, 0.25) is 0 Å². The van der Waals surface area contributed by atoms with Gasteiger partial charge in [-0.05, 0) is 35.7 Å². The number of methoxy groups -OCH3 is 2. The Labute approximate surface area is 142 Å². The number of hydrogen-bond acceptors (Lipinski definition) is 3. The number of pyridine rings is 1. The molecule has 0 saturated carbocycles. The lowest BCUT2D eigenvalue weighted by Gasteiger charge is -2.16. The lowest BCUT2D eigenvalue weighted by Crippen LogP contribution is -2.05. The Balaban J connectivity index is 2.46. The summed E-state index contributed by atoms with van der Waals surface area (Å²) in [5.74, 6) is 1.42. The van der Waals surface area contributed by atoms with Crippen LogP contribution in [0, 0.1) is 0 Å². The fraction of sp³-hybridized carbons (Fsp3) is 0.188. The largest absolute Gasteiger partial charge is 0.497 e. The Hall–Kier alpha value is -1.42.